The highest BCUT2D eigenvalue weighted by molar-refractivity contribution is 7.97. The van der Waals surface area contributed by atoms with Crippen LogP contribution in [0.1, 0.15) is 12.8 Å². The van der Waals surface area contributed by atoms with E-state index in [-0.39, 0.29) is 11.6 Å². The molecule has 0 spiro atoms. The smallest absolute Gasteiger partial charge is 0.247 e. The number of pyridine rings is 1. The highest BCUT2D eigenvalue weighted by Gasteiger charge is 2.33. The number of rotatable bonds is 4. The minimum atomic E-state index is -1.32. The van der Waals surface area contributed by atoms with Crippen LogP contribution < -0.4 is 15.4 Å². The molecule has 1 amide bonds. The topological polar surface area (TPSA) is 91.5 Å². The van der Waals surface area contributed by atoms with Gasteiger partial charge in [0.05, 0.1) is 5.69 Å². The number of anilines is 2. The van der Waals surface area contributed by atoms with Crippen molar-refractivity contribution in [2.75, 3.05) is 16.8 Å². The van der Waals surface area contributed by atoms with Gasteiger partial charge < -0.3 is 15.3 Å². The summed E-state index contributed by atoms with van der Waals surface area (Å²) in [7, 11) is 0. The van der Waals surface area contributed by atoms with Gasteiger partial charge in [-0.05, 0) is 49.1 Å². The number of nitrogens with one attached hydrogen (secondary N) is 1. The van der Waals surface area contributed by atoms with Gasteiger partial charge in [-0.1, -0.05) is 0 Å². The van der Waals surface area contributed by atoms with Crippen LogP contribution >= 0.6 is 11.9 Å². The SMILES string of the molecule is NSc1cc(NC(=O)C2CCCN2c2ccc(F)c(F)c2O)ccn1. The summed E-state index contributed by atoms with van der Waals surface area (Å²) in [5, 5.41) is 18.7. The molecule has 2 aromatic rings. The zero-order valence-corrected chi connectivity index (χ0v) is 13.9. The third-order valence-corrected chi connectivity index (χ3v) is 4.50. The second-order valence-corrected chi connectivity index (χ2v) is 6.22. The molecular formula is C16H16F2N4O2S. The van der Waals surface area contributed by atoms with Gasteiger partial charge in [-0.25, -0.2) is 9.37 Å². The van der Waals surface area contributed by atoms with E-state index >= 15 is 0 Å². The molecule has 132 valence electrons. The highest BCUT2D eigenvalue weighted by Crippen LogP contribution is 2.36. The molecule has 1 saturated heterocycles. The summed E-state index contributed by atoms with van der Waals surface area (Å²) in [5.74, 6) is -3.54. The average Bonchev–Trinajstić information content (AvgIpc) is 3.09. The van der Waals surface area contributed by atoms with Crippen molar-refractivity contribution in [1.82, 2.24) is 4.98 Å². The third kappa shape index (κ3) is 3.52. The summed E-state index contributed by atoms with van der Waals surface area (Å²) in [6, 6.07) is 4.88. The second kappa shape index (κ2) is 7.24. The molecule has 9 heteroatoms. The number of carbonyl (C=O) groups is 1. The first-order valence-electron chi connectivity index (χ1n) is 7.58. The molecule has 6 nitrogen and oxygen atoms in total. The number of halogens is 2. The van der Waals surface area contributed by atoms with Crippen LogP contribution in [-0.2, 0) is 4.79 Å². The molecule has 1 aliphatic rings. The Morgan fingerprint density at radius 3 is 2.96 bits per heavy atom. The minimum Gasteiger partial charge on any atom is -0.503 e. The first kappa shape index (κ1) is 17.4. The van der Waals surface area contributed by atoms with E-state index in [0.29, 0.717) is 30.1 Å². The van der Waals surface area contributed by atoms with Gasteiger partial charge in [-0.2, -0.15) is 4.39 Å². The summed E-state index contributed by atoms with van der Waals surface area (Å²) in [5.41, 5.74) is 0.638. The molecule has 0 aliphatic carbocycles. The molecule has 1 aromatic carbocycles. The summed E-state index contributed by atoms with van der Waals surface area (Å²) in [6.45, 7) is 0.455. The first-order valence-corrected chi connectivity index (χ1v) is 8.46. The maximum atomic E-state index is 13.6. The fourth-order valence-electron chi connectivity index (χ4n) is 2.87. The van der Waals surface area contributed by atoms with Gasteiger partial charge >= 0.3 is 0 Å². The number of hydrogen-bond acceptors (Lipinski definition) is 6. The molecule has 1 atom stereocenters. The van der Waals surface area contributed by atoms with Crippen molar-refractivity contribution in [3.8, 4) is 5.75 Å². The van der Waals surface area contributed by atoms with E-state index in [1.807, 2.05) is 0 Å². The molecule has 1 aliphatic heterocycles. The van der Waals surface area contributed by atoms with Crippen molar-refractivity contribution in [3.05, 3.63) is 42.1 Å². The van der Waals surface area contributed by atoms with E-state index < -0.39 is 23.4 Å². The quantitative estimate of drug-likeness (QED) is 0.721. The molecular weight excluding hydrogens is 350 g/mol. The van der Waals surface area contributed by atoms with E-state index in [1.165, 1.54) is 12.3 Å². The average molecular weight is 366 g/mol. The van der Waals surface area contributed by atoms with E-state index in [2.05, 4.69) is 10.3 Å². The zero-order valence-electron chi connectivity index (χ0n) is 13.1. The summed E-state index contributed by atoms with van der Waals surface area (Å²) in [4.78, 5) is 18.2. The van der Waals surface area contributed by atoms with Gasteiger partial charge in [-0.15, -0.1) is 0 Å². The Labute approximate surface area is 147 Å². The lowest BCUT2D eigenvalue weighted by Crippen LogP contribution is -2.39. The maximum Gasteiger partial charge on any atom is 0.247 e. The lowest BCUT2D eigenvalue weighted by molar-refractivity contribution is -0.117. The molecule has 1 unspecified atom stereocenters. The fraction of sp³-hybridized carbons (Fsp3) is 0.250. The lowest BCUT2D eigenvalue weighted by Gasteiger charge is -2.26. The van der Waals surface area contributed by atoms with Gasteiger partial charge in [0.15, 0.2) is 11.6 Å². The molecule has 25 heavy (non-hydrogen) atoms. The Kier molecular flexibility index (Phi) is 5.05. The maximum absolute atomic E-state index is 13.6. The molecule has 1 aromatic heterocycles. The standard InChI is InChI=1S/C16H16F2N4O2S/c17-10-3-4-11(15(23)14(10)18)22-7-1-2-12(22)16(24)21-9-5-6-20-13(8-9)25-19/h3-6,8,12,23H,1-2,7,19H2,(H,20,21,24). The van der Waals surface area contributed by atoms with Crippen LogP contribution in [0.5, 0.6) is 5.75 Å². The summed E-state index contributed by atoms with van der Waals surface area (Å²) >= 11 is 0.962. The predicted octanol–water partition coefficient (Wildman–Crippen LogP) is 2.64. The number of carbonyl (C=O) groups excluding carboxylic acids is 1. The molecule has 3 rings (SSSR count). The Bertz CT molecular complexity index is 806. The van der Waals surface area contributed by atoms with Crippen molar-refractivity contribution in [1.29, 1.82) is 0 Å². The molecule has 1 fully saturated rings. The predicted molar refractivity (Wildman–Crippen MR) is 91.3 cm³/mol. The van der Waals surface area contributed by atoms with Gasteiger partial charge in [-0.3, -0.25) is 9.93 Å². The van der Waals surface area contributed by atoms with E-state index in [1.54, 1.807) is 17.0 Å². The molecule has 0 saturated carbocycles. The Hall–Kier alpha value is -2.39. The number of aromatic nitrogens is 1. The third-order valence-electron chi connectivity index (χ3n) is 4.04. The number of phenols is 1. The zero-order chi connectivity index (χ0) is 18.0. The number of nitrogens with two attached hydrogens (primary N) is 1. The lowest BCUT2D eigenvalue weighted by atomic mass is 10.1. The van der Waals surface area contributed by atoms with Crippen LogP contribution in [0.4, 0.5) is 20.2 Å². The van der Waals surface area contributed by atoms with E-state index in [9.17, 15) is 18.7 Å². The van der Waals surface area contributed by atoms with Crippen molar-refractivity contribution in [2.45, 2.75) is 23.9 Å². The van der Waals surface area contributed by atoms with Crippen molar-refractivity contribution in [2.24, 2.45) is 5.14 Å². The molecule has 0 bridgehead atoms. The Morgan fingerprint density at radius 2 is 2.20 bits per heavy atom. The number of nitrogens with zero attached hydrogens (tertiary/aromatic N) is 2. The molecule has 0 radical (unpaired) electrons. The number of phenolic OH excluding ortho intramolecular Hbond substituents is 1. The largest absolute Gasteiger partial charge is 0.503 e. The van der Waals surface area contributed by atoms with Gasteiger partial charge in [0.2, 0.25) is 11.7 Å². The number of benzene rings is 1. The van der Waals surface area contributed by atoms with Crippen LogP contribution in [0.2, 0.25) is 0 Å². The fourth-order valence-corrected chi connectivity index (χ4v) is 3.18. The molecule has 4 N–H and O–H groups in total. The second-order valence-electron chi connectivity index (χ2n) is 5.57. The van der Waals surface area contributed by atoms with Gasteiger partial charge in [0.1, 0.15) is 11.1 Å². The first-order chi connectivity index (χ1) is 12.0. The monoisotopic (exact) mass is 366 g/mol. The normalized spacial score (nSPS) is 16.9. The summed E-state index contributed by atoms with van der Waals surface area (Å²) < 4.78 is 26.8. The molecule has 2 heterocycles. The van der Waals surface area contributed by atoms with Gasteiger partial charge in [0.25, 0.3) is 0 Å². The van der Waals surface area contributed by atoms with Crippen LogP contribution in [0.3, 0.4) is 0 Å². The van der Waals surface area contributed by atoms with Crippen LogP contribution in [0.25, 0.3) is 0 Å². The van der Waals surface area contributed by atoms with Crippen molar-refractivity contribution < 1.29 is 18.7 Å². The number of aromatic hydroxyl groups is 1. The van der Waals surface area contributed by atoms with E-state index in [0.717, 1.165) is 18.0 Å². The van der Waals surface area contributed by atoms with E-state index in [4.69, 9.17) is 5.14 Å². The highest BCUT2D eigenvalue weighted by atomic mass is 32.2. The Balaban J connectivity index is 1.81. The number of amides is 1. The Morgan fingerprint density at radius 1 is 1.40 bits per heavy atom. The van der Waals surface area contributed by atoms with Crippen LogP contribution in [-0.4, -0.2) is 28.6 Å². The van der Waals surface area contributed by atoms with Crippen molar-refractivity contribution in [3.63, 3.8) is 0 Å². The van der Waals surface area contributed by atoms with Crippen LogP contribution in [0, 0.1) is 11.6 Å². The number of hydrogen-bond donors (Lipinski definition) is 3. The summed E-state index contributed by atoms with van der Waals surface area (Å²) in [6.07, 6.45) is 2.75. The van der Waals surface area contributed by atoms with Crippen LogP contribution in [0.15, 0.2) is 35.5 Å². The minimum absolute atomic E-state index is 0.101. The van der Waals surface area contributed by atoms with Crippen molar-refractivity contribution >= 4 is 29.2 Å². The van der Waals surface area contributed by atoms with Gasteiger partial charge in [0, 0.05) is 18.4 Å².